The van der Waals surface area contributed by atoms with E-state index in [4.69, 9.17) is 9.47 Å². The van der Waals surface area contributed by atoms with Gasteiger partial charge in [0.25, 0.3) is 0 Å². The van der Waals surface area contributed by atoms with Crippen molar-refractivity contribution in [3.05, 3.63) is 53.8 Å². The third-order valence-corrected chi connectivity index (χ3v) is 4.65. The molecule has 2 aromatic heterocycles. The summed E-state index contributed by atoms with van der Waals surface area (Å²) in [5.41, 5.74) is 1.43. The molecule has 2 rings (SSSR count). The van der Waals surface area contributed by atoms with Gasteiger partial charge in [-0.15, -0.1) is 0 Å². The van der Waals surface area contributed by atoms with Crippen LogP contribution in [0.2, 0.25) is 0 Å². The highest BCUT2D eigenvalue weighted by Gasteiger charge is 2.13. The number of methoxy groups -OCH3 is 2. The van der Waals surface area contributed by atoms with Crippen molar-refractivity contribution in [1.82, 2.24) is 9.97 Å². The Morgan fingerprint density at radius 1 is 0.913 bits per heavy atom. The summed E-state index contributed by atoms with van der Waals surface area (Å²) in [7, 11) is 3.17. The third-order valence-electron chi connectivity index (χ3n) is 2.50. The lowest BCUT2D eigenvalue weighted by Crippen LogP contribution is -2.05. The van der Waals surface area contributed by atoms with Gasteiger partial charge in [0.15, 0.2) is 12.6 Å². The zero-order valence-corrected chi connectivity index (χ0v) is 18.4. The topological polar surface area (TPSA) is 61.3 Å². The first-order chi connectivity index (χ1) is 10.9. The zero-order valence-electron chi connectivity index (χ0n) is 12.1. The highest BCUT2D eigenvalue weighted by Crippen LogP contribution is 2.26. The monoisotopic (exact) mass is 572 g/mol. The van der Waals surface area contributed by atoms with E-state index in [9.17, 15) is 4.79 Å². The van der Waals surface area contributed by atoms with Gasteiger partial charge in [0.2, 0.25) is 0 Å². The highest BCUT2D eigenvalue weighted by atomic mass is 79.9. The Hall–Kier alpha value is -0.190. The molecule has 0 saturated carbocycles. The Morgan fingerprint density at radius 2 is 1.43 bits per heavy atom. The lowest BCUT2D eigenvalue weighted by Gasteiger charge is -2.14. The van der Waals surface area contributed by atoms with Gasteiger partial charge in [-0.25, -0.2) is 9.97 Å². The molecule has 0 atom stereocenters. The van der Waals surface area contributed by atoms with Gasteiger partial charge in [-0.2, -0.15) is 0 Å². The standard InChI is InChI=1S/C8H9Br2NO2.C6H3Br2NO/c1-12-8(13-2)5-3-4-6(9)11-7(5)10;7-5-2-1-4(3-10)6(8)9-5/h3-4,8H,1-2H3;1-3H. The second-order valence-corrected chi connectivity index (χ2v) is 7.08. The number of aromatic nitrogens is 2. The molecule has 0 N–H and O–H groups in total. The Morgan fingerprint density at radius 3 is 1.87 bits per heavy atom. The minimum atomic E-state index is -0.380. The molecule has 0 aromatic carbocycles. The molecular formula is C14H12Br4N2O3. The third kappa shape index (κ3) is 6.67. The molecule has 0 spiro atoms. The maximum Gasteiger partial charge on any atom is 0.185 e. The number of nitrogens with zero attached hydrogens (tertiary/aromatic N) is 2. The number of ether oxygens (including phenoxy) is 2. The number of aldehydes is 1. The maximum absolute atomic E-state index is 10.3. The Bertz CT molecular complexity index is 666. The fraction of sp³-hybridized carbons (Fsp3) is 0.214. The fourth-order valence-electron chi connectivity index (χ4n) is 1.46. The van der Waals surface area contributed by atoms with Gasteiger partial charge in [-0.1, -0.05) is 0 Å². The maximum atomic E-state index is 10.3. The van der Waals surface area contributed by atoms with Gasteiger partial charge in [0.05, 0.1) is 0 Å². The van der Waals surface area contributed by atoms with Crippen LogP contribution in [0.1, 0.15) is 22.2 Å². The second-order valence-electron chi connectivity index (χ2n) is 3.95. The van der Waals surface area contributed by atoms with Crippen molar-refractivity contribution in [3.8, 4) is 0 Å². The van der Waals surface area contributed by atoms with Crippen LogP contribution >= 0.6 is 63.7 Å². The van der Waals surface area contributed by atoms with E-state index in [0.29, 0.717) is 14.8 Å². The van der Waals surface area contributed by atoms with Gasteiger partial charge < -0.3 is 9.47 Å². The van der Waals surface area contributed by atoms with Crippen LogP contribution in [0.15, 0.2) is 42.7 Å². The number of rotatable bonds is 4. The highest BCUT2D eigenvalue weighted by molar-refractivity contribution is 9.11. The van der Waals surface area contributed by atoms with E-state index >= 15 is 0 Å². The SMILES string of the molecule is COC(OC)c1ccc(Br)nc1Br.O=Cc1ccc(Br)nc1Br. The number of hydrogen-bond acceptors (Lipinski definition) is 5. The van der Waals surface area contributed by atoms with Crippen LogP contribution in [0.5, 0.6) is 0 Å². The molecule has 124 valence electrons. The van der Waals surface area contributed by atoms with E-state index < -0.39 is 0 Å². The smallest absolute Gasteiger partial charge is 0.185 e. The Balaban J connectivity index is 0.000000238. The summed E-state index contributed by atoms with van der Waals surface area (Å²) in [5.74, 6) is 0. The average Bonchev–Trinajstić information content (AvgIpc) is 2.51. The van der Waals surface area contributed by atoms with E-state index in [1.165, 1.54) is 0 Å². The van der Waals surface area contributed by atoms with Crippen LogP contribution in [0.4, 0.5) is 0 Å². The number of hydrogen-bond donors (Lipinski definition) is 0. The van der Waals surface area contributed by atoms with E-state index in [2.05, 4.69) is 73.7 Å². The molecule has 0 amide bonds. The molecular weight excluding hydrogens is 564 g/mol. The summed E-state index contributed by atoms with van der Waals surface area (Å²) in [6.45, 7) is 0. The first kappa shape index (κ1) is 20.9. The largest absolute Gasteiger partial charge is 0.352 e. The van der Waals surface area contributed by atoms with Crippen LogP contribution in [-0.4, -0.2) is 30.5 Å². The van der Waals surface area contributed by atoms with Crippen molar-refractivity contribution in [2.45, 2.75) is 6.29 Å². The summed E-state index contributed by atoms with van der Waals surface area (Å²) >= 11 is 12.9. The van der Waals surface area contributed by atoms with Gasteiger partial charge in [-0.3, -0.25) is 4.79 Å². The van der Waals surface area contributed by atoms with Crippen molar-refractivity contribution in [3.63, 3.8) is 0 Å². The first-order valence-electron chi connectivity index (χ1n) is 6.07. The van der Waals surface area contributed by atoms with Crippen molar-refractivity contribution in [2.75, 3.05) is 14.2 Å². The molecule has 0 fully saturated rings. The molecule has 0 unspecified atom stereocenters. The molecule has 0 bridgehead atoms. The molecule has 0 radical (unpaired) electrons. The Kier molecular flexibility index (Phi) is 9.64. The molecule has 5 nitrogen and oxygen atoms in total. The van der Waals surface area contributed by atoms with Gasteiger partial charge in [-0.05, 0) is 88.0 Å². The van der Waals surface area contributed by atoms with E-state index in [1.807, 2.05) is 12.1 Å². The minimum Gasteiger partial charge on any atom is -0.352 e. The molecule has 0 saturated heterocycles. The van der Waals surface area contributed by atoms with Gasteiger partial charge in [0, 0.05) is 25.3 Å². The van der Waals surface area contributed by atoms with Crippen molar-refractivity contribution < 1.29 is 14.3 Å². The van der Waals surface area contributed by atoms with E-state index in [0.717, 1.165) is 21.1 Å². The average molecular weight is 576 g/mol. The summed E-state index contributed by atoms with van der Waals surface area (Å²) in [6.07, 6.45) is 0.374. The molecule has 0 aliphatic heterocycles. The van der Waals surface area contributed by atoms with Crippen LogP contribution in [0, 0.1) is 0 Å². The molecule has 2 heterocycles. The number of halogens is 4. The lowest BCUT2D eigenvalue weighted by atomic mass is 10.3. The summed E-state index contributed by atoms with van der Waals surface area (Å²) in [5, 5.41) is 0. The van der Waals surface area contributed by atoms with Crippen molar-refractivity contribution in [1.29, 1.82) is 0 Å². The summed E-state index contributed by atoms with van der Waals surface area (Å²) in [4.78, 5) is 18.4. The van der Waals surface area contributed by atoms with Gasteiger partial charge >= 0.3 is 0 Å². The van der Waals surface area contributed by atoms with Crippen LogP contribution in [-0.2, 0) is 9.47 Å². The van der Waals surface area contributed by atoms with Crippen LogP contribution < -0.4 is 0 Å². The predicted octanol–water partition coefficient (Wildman–Crippen LogP) is 5.32. The summed E-state index contributed by atoms with van der Waals surface area (Å²) < 4.78 is 13.0. The Labute approximate surface area is 167 Å². The first-order valence-corrected chi connectivity index (χ1v) is 9.24. The fourth-order valence-corrected chi connectivity index (χ4v) is 3.48. The van der Waals surface area contributed by atoms with Crippen LogP contribution in [0.25, 0.3) is 0 Å². The van der Waals surface area contributed by atoms with Gasteiger partial charge in [0.1, 0.15) is 18.4 Å². The minimum absolute atomic E-state index is 0.380. The lowest BCUT2D eigenvalue weighted by molar-refractivity contribution is -0.106. The molecule has 9 heteroatoms. The van der Waals surface area contributed by atoms with E-state index in [-0.39, 0.29) is 6.29 Å². The molecule has 0 aliphatic rings. The van der Waals surface area contributed by atoms with Crippen LogP contribution in [0.3, 0.4) is 0 Å². The number of carbonyl (C=O) groups excluding carboxylic acids is 1. The summed E-state index contributed by atoms with van der Waals surface area (Å²) in [6, 6.07) is 7.13. The van der Waals surface area contributed by atoms with Crippen molar-refractivity contribution >= 4 is 70.0 Å². The quantitative estimate of drug-likeness (QED) is 0.281. The second kappa shape index (κ2) is 10.6. The number of pyridine rings is 2. The normalized spacial score (nSPS) is 10.2. The molecule has 2 aromatic rings. The van der Waals surface area contributed by atoms with E-state index in [1.54, 1.807) is 26.4 Å². The van der Waals surface area contributed by atoms with Crippen molar-refractivity contribution in [2.24, 2.45) is 0 Å². The zero-order chi connectivity index (χ0) is 17.4. The molecule has 0 aliphatic carbocycles. The number of carbonyl (C=O) groups is 1. The molecule has 23 heavy (non-hydrogen) atoms. The predicted molar refractivity (Wildman–Crippen MR) is 101 cm³/mol.